The third kappa shape index (κ3) is 11.2. The number of rotatable bonds is 4. The minimum Gasteiger partial charge on any atom is -0.335 e. The van der Waals surface area contributed by atoms with Crippen molar-refractivity contribution < 1.29 is 33.8 Å². The Hall–Kier alpha value is -0.360. The summed E-state index contributed by atoms with van der Waals surface area (Å²) in [6.45, 7) is 3.49. The van der Waals surface area contributed by atoms with Crippen LogP contribution in [0.3, 0.4) is 0 Å². The van der Waals surface area contributed by atoms with Crippen LogP contribution in [-0.2, 0) is 25.6 Å². The van der Waals surface area contributed by atoms with E-state index >= 15 is 0 Å². The predicted octanol–water partition coefficient (Wildman–Crippen LogP) is 0.225. The SMILES string of the molecule is COC[N+]1(C)CCCCC1.O=S(=O)(F)NS(=O)(=O)F. The van der Waals surface area contributed by atoms with Gasteiger partial charge < -0.3 is 9.22 Å². The van der Waals surface area contributed by atoms with E-state index < -0.39 is 20.8 Å². The van der Waals surface area contributed by atoms with Crippen LogP contribution in [0.25, 0.3) is 0 Å². The standard InChI is InChI=1S/C8H18NO.F2HNO4S2/c1-9(8-10-2)6-4-3-5-7-9;1-8(4,5)3-9(2,6)7/h3-8H2,1-2H3;3H/q+1;. The fourth-order valence-corrected chi connectivity index (χ4v) is 2.79. The first kappa shape index (κ1) is 18.6. The normalized spacial score (nSPS) is 19.4. The molecule has 0 bridgehead atoms. The average Bonchev–Trinajstić information content (AvgIpc) is 2.13. The van der Waals surface area contributed by atoms with E-state index in [1.807, 2.05) is 0 Å². The van der Waals surface area contributed by atoms with E-state index in [4.69, 9.17) is 4.74 Å². The molecule has 1 aliphatic rings. The maximum Gasteiger partial charge on any atom is 0.387 e. The number of nitrogens with zero attached hydrogens (tertiary/aromatic N) is 1. The molecule has 1 N–H and O–H groups in total. The van der Waals surface area contributed by atoms with E-state index in [2.05, 4.69) is 7.05 Å². The summed E-state index contributed by atoms with van der Waals surface area (Å²) in [5.74, 6) is 0. The maximum atomic E-state index is 11.1. The van der Waals surface area contributed by atoms with Crippen molar-refractivity contribution in [3.8, 4) is 0 Å². The zero-order valence-corrected chi connectivity index (χ0v) is 12.4. The number of ether oxygens (including phenoxy) is 1. The topological polar surface area (TPSA) is 89.5 Å². The number of halogens is 2. The fourth-order valence-electron chi connectivity index (χ4n) is 1.84. The molecule has 0 aromatic rings. The summed E-state index contributed by atoms with van der Waals surface area (Å²) in [6.07, 6.45) is 4.16. The molecule has 116 valence electrons. The third-order valence-corrected chi connectivity index (χ3v) is 4.13. The molecule has 1 fully saturated rings. The van der Waals surface area contributed by atoms with Crippen LogP contribution in [0, 0.1) is 0 Å². The lowest BCUT2D eigenvalue weighted by Gasteiger charge is -2.36. The molecular weight excluding hydrogens is 306 g/mol. The highest BCUT2D eigenvalue weighted by molar-refractivity contribution is 7.99. The zero-order chi connectivity index (χ0) is 15.2. The molecule has 0 atom stereocenters. The third-order valence-electron chi connectivity index (χ3n) is 2.54. The minimum absolute atomic E-state index is 0.0694. The van der Waals surface area contributed by atoms with E-state index in [9.17, 15) is 24.6 Å². The molecule has 0 aromatic carbocycles. The van der Waals surface area contributed by atoms with Gasteiger partial charge in [0.25, 0.3) is 0 Å². The van der Waals surface area contributed by atoms with Gasteiger partial charge in [-0.1, -0.05) is 11.9 Å². The molecule has 1 heterocycles. The first-order valence-corrected chi connectivity index (χ1v) is 8.24. The van der Waals surface area contributed by atoms with E-state index in [1.54, 1.807) is 7.11 Å². The highest BCUT2D eigenvalue weighted by Gasteiger charge is 2.23. The Bertz CT molecular complexity index is 424. The largest absolute Gasteiger partial charge is 0.387 e. The second-order valence-electron chi connectivity index (χ2n) is 4.50. The van der Waals surface area contributed by atoms with Crippen LogP contribution in [-0.4, -0.2) is 55.3 Å². The molecule has 0 aromatic heterocycles. The maximum absolute atomic E-state index is 11.1. The Morgan fingerprint density at radius 1 is 1.05 bits per heavy atom. The summed E-state index contributed by atoms with van der Waals surface area (Å²) < 4.78 is 65.6. The summed E-state index contributed by atoms with van der Waals surface area (Å²) >= 11 is 0. The molecular formula is C8H19F2N2O5S2+. The summed E-state index contributed by atoms with van der Waals surface area (Å²) in [5, 5.41) is 0. The van der Waals surface area contributed by atoms with Gasteiger partial charge in [-0.05, 0) is 19.3 Å². The second kappa shape index (κ2) is 7.43. The van der Waals surface area contributed by atoms with Gasteiger partial charge >= 0.3 is 20.8 Å². The second-order valence-corrected chi connectivity index (χ2v) is 6.92. The molecule has 0 unspecified atom stereocenters. The minimum atomic E-state index is -5.49. The van der Waals surface area contributed by atoms with Gasteiger partial charge in [0.1, 0.15) is 0 Å². The van der Waals surface area contributed by atoms with Crippen molar-refractivity contribution in [1.82, 2.24) is 4.13 Å². The number of quaternary nitrogens is 1. The molecule has 0 amide bonds. The van der Waals surface area contributed by atoms with Crippen LogP contribution in [0.2, 0.25) is 0 Å². The van der Waals surface area contributed by atoms with Crippen molar-refractivity contribution in [1.29, 1.82) is 0 Å². The molecule has 1 aliphatic heterocycles. The molecule has 1 saturated heterocycles. The van der Waals surface area contributed by atoms with Gasteiger partial charge in [-0.2, -0.15) is 16.8 Å². The summed E-state index contributed by atoms with van der Waals surface area (Å²) in [5.41, 5.74) is 0. The van der Waals surface area contributed by atoms with Gasteiger partial charge in [-0.3, -0.25) is 0 Å². The van der Waals surface area contributed by atoms with Crippen LogP contribution in [0.15, 0.2) is 0 Å². The van der Waals surface area contributed by atoms with E-state index in [1.165, 1.54) is 32.4 Å². The Morgan fingerprint density at radius 2 is 1.47 bits per heavy atom. The van der Waals surface area contributed by atoms with Gasteiger partial charge in [-0.25, -0.2) is 0 Å². The Morgan fingerprint density at radius 3 is 1.74 bits per heavy atom. The van der Waals surface area contributed by atoms with Gasteiger partial charge in [0.15, 0.2) is 6.73 Å². The molecule has 0 spiro atoms. The number of methoxy groups -OCH3 is 1. The van der Waals surface area contributed by atoms with Crippen molar-refractivity contribution in [2.24, 2.45) is 0 Å². The predicted molar refractivity (Wildman–Crippen MR) is 64.8 cm³/mol. The van der Waals surface area contributed by atoms with Crippen LogP contribution in [0.5, 0.6) is 0 Å². The fraction of sp³-hybridized carbons (Fsp3) is 1.00. The molecule has 0 aliphatic carbocycles. The average molecular weight is 325 g/mol. The Labute approximate surface area is 112 Å². The van der Waals surface area contributed by atoms with Crippen LogP contribution in [0.1, 0.15) is 19.3 Å². The summed E-state index contributed by atoms with van der Waals surface area (Å²) in [6, 6.07) is 0. The van der Waals surface area contributed by atoms with Crippen LogP contribution < -0.4 is 4.13 Å². The highest BCUT2D eigenvalue weighted by Crippen LogP contribution is 2.15. The number of hydrogen-bond acceptors (Lipinski definition) is 5. The molecule has 11 heteroatoms. The lowest BCUT2D eigenvalue weighted by Crippen LogP contribution is -2.48. The smallest absolute Gasteiger partial charge is 0.335 e. The van der Waals surface area contributed by atoms with Crippen molar-refractivity contribution in [2.75, 3.05) is 34.0 Å². The van der Waals surface area contributed by atoms with Crippen molar-refractivity contribution in [2.45, 2.75) is 19.3 Å². The molecule has 1 rings (SSSR count). The number of piperidine rings is 1. The van der Waals surface area contributed by atoms with Crippen LogP contribution >= 0.6 is 0 Å². The Balaban J connectivity index is 0.000000344. The van der Waals surface area contributed by atoms with Gasteiger partial charge in [0.05, 0.1) is 20.1 Å². The number of hydrogen-bond donors (Lipinski definition) is 1. The van der Waals surface area contributed by atoms with E-state index in [-0.39, 0.29) is 4.13 Å². The van der Waals surface area contributed by atoms with Gasteiger partial charge in [0.2, 0.25) is 0 Å². The summed E-state index contributed by atoms with van der Waals surface area (Å²) in [4.78, 5) is 0. The zero-order valence-electron chi connectivity index (χ0n) is 10.8. The van der Waals surface area contributed by atoms with Gasteiger partial charge in [0, 0.05) is 7.11 Å². The monoisotopic (exact) mass is 325 g/mol. The summed E-state index contributed by atoms with van der Waals surface area (Å²) in [7, 11) is -6.92. The molecule has 0 radical (unpaired) electrons. The number of nitrogens with one attached hydrogen (secondary N) is 1. The molecule has 7 nitrogen and oxygen atoms in total. The Kier molecular flexibility index (Phi) is 7.29. The molecule has 19 heavy (non-hydrogen) atoms. The first-order valence-electron chi connectivity index (χ1n) is 5.48. The first-order chi connectivity index (χ1) is 8.47. The highest BCUT2D eigenvalue weighted by atomic mass is 32.3. The quantitative estimate of drug-likeness (QED) is 0.590. The van der Waals surface area contributed by atoms with Crippen molar-refractivity contribution in [3.63, 3.8) is 0 Å². The van der Waals surface area contributed by atoms with E-state index in [0.29, 0.717) is 0 Å². The number of likely N-dealkylation sites (tertiary alicyclic amines) is 1. The van der Waals surface area contributed by atoms with Crippen molar-refractivity contribution >= 4 is 20.8 Å². The van der Waals surface area contributed by atoms with Crippen molar-refractivity contribution in [3.05, 3.63) is 0 Å². The lowest BCUT2D eigenvalue weighted by atomic mass is 10.1. The van der Waals surface area contributed by atoms with Crippen LogP contribution in [0.4, 0.5) is 7.77 Å². The molecule has 0 saturated carbocycles. The lowest BCUT2D eigenvalue weighted by molar-refractivity contribution is -0.931. The van der Waals surface area contributed by atoms with Gasteiger partial charge in [-0.15, -0.1) is 0 Å². The van der Waals surface area contributed by atoms with E-state index in [0.717, 1.165) is 11.2 Å².